The van der Waals surface area contributed by atoms with Crippen LogP contribution in [0.5, 0.6) is 17.2 Å². The van der Waals surface area contributed by atoms with Crippen LogP contribution >= 0.6 is 0 Å². The Morgan fingerprint density at radius 2 is 1.74 bits per heavy atom. The van der Waals surface area contributed by atoms with Gasteiger partial charge in [-0.05, 0) is 37.6 Å². The van der Waals surface area contributed by atoms with Gasteiger partial charge in [-0.1, -0.05) is 24.3 Å². The first-order valence-electron chi connectivity index (χ1n) is 7.79. The molecule has 0 bridgehead atoms. The fourth-order valence-electron chi connectivity index (χ4n) is 2.33. The molecule has 0 saturated carbocycles. The number of benzene rings is 2. The van der Waals surface area contributed by atoms with E-state index in [1.165, 1.54) is 6.92 Å². The van der Waals surface area contributed by atoms with Crippen molar-refractivity contribution in [3.63, 3.8) is 0 Å². The third-order valence-electron chi connectivity index (χ3n) is 3.31. The van der Waals surface area contributed by atoms with Gasteiger partial charge in [0.05, 0.1) is 0 Å². The van der Waals surface area contributed by atoms with Gasteiger partial charge in [0.1, 0.15) is 17.2 Å². The maximum absolute atomic E-state index is 11.1. The second-order valence-corrected chi connectivity index (χ2v) is 4.99. The van der Waals surface area contributed by atoms with Crippen molar-refractivity contribution >= 4 is 5.97 Å². The smallest absolute Gasteiger partial charge is 0.308 e. The first kappa shape index (κ1) is 17.0. The van der Waals surface area contributed by atoms with E-state index in [9.17, 15) is 4.79 Å². The molecule has 1 aliphatic rings. The maximum Gasteiger partial charge on any atom is 0.308 e. The van der Waals surface area contributed by atoms with Gasteiger partial charge < -0.3 is 14.2 Å². The third-order valence-corrected chi connectivity index (χ3v) is 3.31. The lowest BCUT2D eigenvalue weighted by Crippen LogP contribution is -2.08. The molecule has 0 aromatic heterocycles. The highest BCUT2D eigenvalue weighted by molar-refractivity contribution is 5.70. The highest BCUT2D eigenvalue weighted by atomic mass is 16.5. The van der Waals surface area contributed by atoms with E-state index in [2.05, 4.69) is 0 Å². The predicted molar refractivity (Wildman–Crippen MR) is 89.2 cm³/mol. The number of fused-ring (bicyclic) bond motifs is 2. The van der Waals surface area contributed by atoms with E-state index in [1.54, 1.807) is 6.07 Å². The van der Waals surface area contributed by atoms with Crippen molar-refractivity contribution in [2.45, 2.75) is 27.2 Å². The van der Waals surface area contributed by atoms with E-state index in [0.29, 0.717) is 5.75 Å². The van der Waals surface area contributed by atoms with Crippen LogP contribution in [0.2, 0.25) is 0 Å². The minimum Gasteiger partial charge on any atom is -0.457 e. The minimum absolute atomic E-state index is 0.317. The number of rotatable bonds is 3. The van der Waals surface area contributed by atoms with E-state index >= 15 is 0 Å². The van der Waals surface area contributed by atoms with Crippen LogP contribution in [0.3, 0.4) is 0 Å². The molecule has 0 aliphatic carbocycles. The van der Waals surface area contributed by atoms with Crippen molar-refractivity contribution in [2.75, 3.05) is 13.2 Å². The Morgan fingerprint density at radius 3 is 2.39 bits per heavy atom. The van der Waals surface area contributed by atoms with Crippen LogP contribution in [-0.4, -0.2) is 19.2 Å². The molecule has 0 N–H and O–H groups in total. The van der Waals surface area contributed by atoms with Gasteiger partial charge in [0.2, 0.25) is 0 Å². The monoisotopic (exact) mass is 314 g/mol. The first-order valence-corrected chi connectivity index (χ1v) is 7.79. The molecule has 0 unspecified atom stereocenters. The number of esters is 1. The zero-order valence-corrected chi connectivity index (χ0v) is 13.8. The van der Waals surface area contributed by atoms with Crippen LogP contribution in [0.25, 0.3) is 0 Å². The molecule has 0 atom stereocenters. The summed E-state index contributed by atoms with van der Waals surface area (Å²) in [5, 5.41) is 0. The van der Waals surface area contributed by atoms with Gasteiger partial charge in [0, 0.05) is 32.1 Å². The normalized spacial score (nSPS) is 11.3. The van der Waals surface area contributed by atoms with Crippen molar-refractivity contribution < 1.29 is 19.0 Å². The molecule has 2 aromatic rings. The van der Waals surface area contributed by atoms with Crippen LogP contribution in [0.4, 0.5) is 0 Å². The standard InChI is InChI=1S/C15H12O3.C4H10O/c1-10(16)17-14-7-4-8-15-12(14)9-11-5-2-3-6-13(11)18-15;1-3-5-4-2/h2-8H,9H2,1H3;3-4H2,1-2H3. The fourth-order valence-corrected chi connectivity index (χ4v) is 2.33. The molecule has 0 spiro atoms. The molecule has 0 amide bonds. The van der Waals surface area contributed by atoms with Crippen LogP contribution < -0.4 is 9.47 Å². The van der Waals surface area contributed by atoms with Crippen molar-refractivity contribution in [3.05, 3.63) is 53.6 Å². The second-order valence-electron chi connectivity index (χ2n) is 4.99. The lowest BCUT2D eigenvalue weighted by Gasteiger charge is -2.21. The summed E-state index contributed by atoms with van der Waals surface area (Å²) >= 11 is 0. The quantitative estimate of drug-likeness (QED) is 0.532. The second kappa shape index (κ2) is 8.34. The van der Waals surface area contributed by atoms with Gasteiger partial charge in [-0.2, -0.15) is 0 Å². The highest BCUT2D eigenvalue weighted by Crippen LogP contribution is 2.40. The highest BCUT2D eigenvalue weighted by Gasteiger charge is 2.20. The Hall–Kier alpha value is -2.33. The number of hydrogen-bond donors (Lipinski definition) is 0. The van der Waals surface area contributed by atoms with E-state index < -0.39 is 0 Å². The molecule has 1 aliphatic heterocycles. The third kappa shape index (κ3) is 4.57. The summed E-state index contributed by atoms with van der Waals surface area (Å²) in [6.45, 7) is 7.07. The van der Waals surface area contributed by atoms with Gasteiger partial charge in [0.25, 0.3) is 0 Å². The van der Waals surface area contributed by atoms with Crippen LogP contribution in [0, 0.1) is 0 Å². The summed E-state index contributed by atoms with van der Waals surface area (Å²) in [7, 11) is 0. The topological polar surface area (TPSA) is 44.8 Å². The lowest BCUT2D eigenvalue weighted by molar-refractivity contribution is -0.131. The van der Waals surface area contributed by atoms with Crippen LogP contribution in [-0.2, 0) is 16.0 Å². The Kier molecular flexibility index (Phi) is 6.18. The zero-order valence-electron chi connectivity index (χ0n) is 13.8. The Labute approximate surface area is 137 Å². The number of hydrogen-bond acceptors (Lipinski definition) is 4. The van der Waals surface area contributed by atoms with E-state index in [1.807, 2.05) is 50.2 Å². The van der Waals surface area contributed by atoms with E-state index in [4.69, 9.17) is 14.2 Å². The summed E-state index contributed by atoms with van der Waals surface area (Å²) in [6, 6.07) is 13.4. The number of para-hydroxylation sites is 1. The van der Waals surface area contributed by atoms with Gasteiger partial charge >= 0.3 is 5.97 Å². The minimum atomic E-state index is -0.317. The average molecular weight is 314 g/mol. The first-order chi connectivity index (χ1) is 11.2. The summed E-state index contributed by atoms with van der Waals surface area (Å²) in [6.07, 6.45) is 0.717. The maximum atomic E-state index is 11.1. The molecule has 0 radical (unpaired) electrons. The molecule has 122 valence electrons. The lowest BCUT2D eigenvalue weighted by atomic mass is 9.99. The largest absolute Gasteiger partial charge is 0.457 e. The van der Waals surface area contributed by atoms with Crippen molar-refractivity contribution in [1.82, 2.24) is 0 Å². The van der Waals surface area contributed by atoms with Crippen LogP contribution in [0.1, 0.15) is 31.9 Å². The molecule has 0 fully saturated rings. The van der Waals surface area contributed by atoms with Gasteiger partial charge in [-0.25, -0.2) is 0 Å². The fraction of sp³-hybridized carbons (Fsp3) is 0.316. The van der Waals surface area contributed by atoms with Crippen molar-refractivity contribution in [1.29, 1.82) is 0 Å². The molecular weight excluding hydrogens is 292 g/mol. The summed E-state index contributed by atoms with van der Waals surface area (Å²) < 4.78 is 15.9. The van der Waals surface area contributed by atoms with Crippen molar-refractivity contribution in [3.8, 4) is 17.2 Å². The Bertz CT molecular complexity index is 662. The van der Waals surface area contributed by atoms with Gasteiger partial charge in [0.15, 0.2) is 0 Å². The van der Waals surface area contributed by atoms with Gasteiger partial charge in [-0.15, -0.1) is 0 Å². The zero-order chi connectivity index (χ0) is 16.7. The molecular formula is C19H22O4. The molecule has 23 heavy (non-hydrogen) atoms. The van der Waals surface area contributed by atoms with Crippen LogP contribution in [0.15, 0.2) is 42.5 Å². The number of carbonyl (C=O) groups excluding carboxylic acids is 1. The summed E-state index contributed by atoms with van der Waals surface area (Å²) in [5.41, 5.74) is 2.02. The molecule has 2 aromatic carbocycles. The molecule has 3 rings (SSSR count). The van der Waals surface area contributed by atoms with Crippen molar-refractivity contribution in [2.24, 2.45) is 0 Å². The van der Waals surface area contributed by atoms with E-state index in [-0.39, 0.29) is 5.97 Å². The number of ether oxygens (including phenoxy) is 3. The Balaban J connectivity index is 0.000000338. The van der Waals surface area contributed by atoms with E-state index in [0.717, 1.165) is 42.3 Å². The predicted octanol–water partition coefficient (Wildman–Crippen LogP) is 4.35. The molecule has 4 heteroatoms. The summed E-state index contributed by atoms with van der Waals surface area (Å²) in [4.78, 5) is 11.1. The van der Waals surface area contributed by atoms with Gasteiger partial charge in [-0.3, -0.25) is 4.79 Å². The number of carbonyl (C=O) groups is 1. The summed E-state index contributed by atoms with van der Waals surface area (Å²) in [5.74, 6) is 1.88. The average Bonchev–Trinajstić information content (AvgIpc) is 2.54. The Morgan fingerprint density at radius 1 is 1.04 bits per heavy atom. The molecule has 0 saturated heterocycles. The molecule has 4 nitrogen and oxygen atoms in total. The molecule has 1 heterocycles. The SMILES string of the molecule is CC(=O)Oc1cccc2c1Cc1ccccc1O2.CCOCC.